The lowest BCUT2D eigenvalue weighted by Crippen LogP contribution is -2.43. The van der Waals surface area contributed by atoms with Crippen LogP contribution in [0.5, 0.6) is 0 Å². The number of anilines is 1. The summed E-state index contributed by atoms with van der Waals surface area (Å²) in [5.41, 5.74) is -0.134. The van der Waals surface area contributed by atoms with Gasteiger partial charge in [-0.05, 0) is 26.0 Å². The van der Waals surface area contributed by atoms with Crippen LogP contribution in [0.15, 0.2) is 34.9 Å². The summed E-state index contributed by atoms with van der Waals surface area (Å²) in [6, 6.07) is 8.17. The standard InChI is InChI=1S/C14H16BrClN2/c1-14(2,9-16)18(3)13-11-5-4-6-12(15)10(11)7-8-17-13/h4-8H,9H2,1-3H3. The van der Waals surface area contributed by atoms with Crippen molar-refractivity contribution in [2.75, 3.05) is 17.8 Å². The van der Waals surface area contributed by atoms with Crippen molar-refractivity contribution in [3.63, 3.8) is 0 Å². The Kier molecular flexibility index (Phi) is 3.83. The lowest BCUT2D eigenvalue weighted by molar-refractivity contribution is 0.542. The van der Waals surface area contributed by atoms with Gasteiger partial charge in [0.2, 0.25) is 0 Å². The molecule has 0 aliphatic heterocycles. The average Bonchev–Trinajstić information content (AvgIpc) is 2.38. The van der Waals surface area contributed by atoms with Gasteiger partial charge in [-0.1, -0.05) is 28.1 Å². The third kappa shape index (κ3) is 2.34. The highest BCUT2D eigenvalue weighted by Gasteiger charge is 2.24. The molecule has 2 rings (SSSR count). The Hall–Kier alpha value is -0.800. The highest BCUT2D eigenvalue weighted by atomic mass is 79.9. The van der Waals surface area contributed by atoms with Crippen molar-refractivity contribution in [3.8, 4) is 0 Å². The van der Waals surface area contributed by atoms with Gasteiger partial charge in [-0.15, -0.1) is 11.6 Å². The minimum atomic E-state index is -0.134. The third-order valence-electron chi connectivity index (χ3n) is 3.28. The predicted octanol–water partition coefficient (Wildman–Crippen LogP) is 4.45. The number of hydrogen-bond acceptors (Lipinski definition) is 2. The molecule has 2 nitrogen and oxygen atoms in total. The third-order valence-corrected chi connectivity index (χ3v) is 4.63. The number of nitrogens with zero attached hydrogens (tertiary/aromatic N) is 2. The molecule has 0 aliphatic rings. The molecular weight excluding hydrogens is 312 g/mol. The Balaban J connectivity index is 2.62. The molecule has 0 spiro atoms. The molecule has 0 saturated heterocycles. The Bertz CT molecular complexity index is 569. The van der Waals surface area contributed by atoms with Crippen molar-refractivity contribution < 1.29 is 0 Å². The van der Waals surface area contributed by atoms with Crippen LogP contribution in [0.2, 0.25) is 0 Å². The van der Waals surface area contributed by atoms with E-state index in [4.69, 9.17) is 11.6 Å². The Morgan fingerprint density at radius 1 is 1.28 bits per heavy atom. The number of pyridine rings is 1. The van der Waals surface area contributed by atoms with Crippen LogP contribution < -0.4 is 4.90 Å². The molecule has 0 atom stereocenters. The molecule has 0 saturated carbocycles. The van der Waals surface area contributed by atoms with Crippen LogP contribution in [0.4, 0.5) is 5.82 Å². The molecular formula is C14H16BrClN2. The fourth-order valence-corrected chi connectivity index (χ4v) is 2.47. The molecule has 2 aromatic rings. The molecule has 1 aromatic heterocycles. The van der Waals surface area contributed by atoms with Crippen molar-refractivity contribution in [3.05, 3.63) is 34.9 Å². The van der Waals surface area contributed by atoms with Gasteiger partial charge in [-0.2, -0.15) is 0 Å². The quantitative estimate of drug-likeness (QED) is 0.774. The normalized spacial score (nSPS) is 11.8. The van der Waals surface area contributed by atoms with Gasteiger partial charge in [-0.3, -0.25) is 0 Å². The summed E-state index contributed by atoms with van der Waals surface area (Å²) < 4.78 is 1.08. The van der Waals surface area contributed by atoms with Gasteiger partial charge in [0.15, 0.2) is 0 Å². The van der Waals surface area contributed by atoms with Crippen LogP contribution in [0.3, 0.4) is 0 Å². The fraction of sp³-hybridized carbons (Fsp3) is 0.357. The lowest BCUT2D eigenvalue weighted by atomic mass is 10.1. The zero-order valence-corrected chi connectivity index (χ0v) is 13.1. The molecule has 96 valence electrons. The second-order valence-corrected chi connectivity index (χ2v) is 6.10. The highest BCUT2D eigenvalue weighted by molar-refractivity contribution is 9.10. The Morgan fingerprint density at radius 2 is 2.00 bits per heavy atom. The summed E-state index contributed by atoms with van der Waals surface area (Å²) in [6.45, 7) is 4.22. The first-order valence-electron chi connectivity index (χ1n) is 5.80. The van der Waals surface area contributed by atoms with Gasteiger partial charge in [0, 0.05) is 39.9 Å². The first kappa shape index (κ1) is 13.6. The summed E-state index contributed by atoms with van der Waals surface area (Å²) >= 11 is 9.62. The summed E-state index contributed by atoms with van der Waals surface area (Å²) in [5.74, 6) is 1.51. The van der Waals surface area contributed by atoms with E-state index in [0.29, 0.717) is 5.88 Å². The van der Waals surface area contributed by atoms with Crippen molar-refractivity contribution in [1.29, 1.82) is 0 Å². The maximum absolute atomic E-state index is 6.04. The van der Waals surface area contributed by atoms with E-state index in [1.807, 2.05) is 31.4 Å². The van der Waals surface area contributed by atoms with Crippen LogP contribution in [0.25, 0.3) is 10.8 Å². The zero-order chi connectivity index (χ0) is 13.3. The molecule has 1 heterocycles. The van der Waals surface area contributed by atoms with E-state index in [0.717, 1.165) is 15.7 Å². The average molecular weight is 328 g/mol. The number of hydrogen-bond donors (Lipinski definition) is 0. The topological polar surface area (TPSA) is 16.1 Å². The molecule has 0 bridgehead atoms. The predicted molar refractivity (Wildman–Crippen MR) is 82.6 cm³/mol. The first-order valence-corrected chi connectivity index (χ1v) is 7.13. The van der Waals surface area contributed by atoms with E-state index in [2.05, 4.69) is 45.7 Å². The van der Waals surface area contributed by atoms with E-state index in [1.165, 1.54) is 5.39 Å². The van der Waals surface area contributed by atoms with Gasteiger partial charge >= 0.3 is 0 Å². The summed E-state index contributed by atoms with van der Waals surface area (Å²) in [6.07, 6.45) is 1.84. The molecule has 0 amide bonds. The second kappa shape index (κ2) is 5.06. The van der Waals surface area contributed by atoms with E-state index in [1.54, 1.807) is 0 Å². The molecule has 0 fully saturated rings. The van der Waals surface area contributed by atoms with E-state index >= 15 is 0 Å². The Labute approximate surface area is 121 Å². The number of fused-ring (bicyclic) bond motifs is 1. The highest BCUT2D eigenvalue weighted by Crippen LogP contribution is 2.32. The minimum absolute atomic E-state index is 0.134. The van der Waals surface area contributed by atoms with Gasteiger partial charge in [0.25, 0.3) is 0 Å². The molecule has 1 aromatic carbocycles. The largest absolute Gasteiger partial charge is 0.353 e. The van der Waals surface area contributed by atoms with E-state index < -0.39 is 0 Å². The van der Waals surface area contributed by atoms with Crippen LogP contribution in [0.1, 0.15) is 13.8 Å². The number of halogens is 2. The number of benzene rings is 1. The number of alkyl halides is 1. The van der Waals surface area contributed by atoms with Crippen molar-refractivity contribution in [2.45, 2.75) is 19.4 Å². The lowest BCUT2D eigenvalue weighted by Gasteiger charge is -2.35. The van der Waals surface area contributed by atoms with Crippen molar-refractivity contribution >= 4 is 44.1 Å². The van der Waals surface area contributed by atoms with Gasteiger partial charge < -0.3 is 4.90 Å². The van der Waals surface area contributed by atoms with E-state index in [9.17, 15) is 0 Å². The van der Waals surface area contributed by atoms with Crippen molar-refractivity contribution in [1.82, 2.24) is 4.98 Å². The molecule has 0 radical (unpaired) electrons. The van der Waals surface area contributed by atoms with Crippen molar-refractivity contribution in [2.24, 2.45) is 0 Å². The fourth-order valence-electron chi connectivity index (χ4n) is 1.80. The summed E-state index contributed by atoms with van der Waals surface area (Å²) in [4.78, 5) is 6.64. The maximum atomic E-state index is 6.04. The Morgan fingerprint density at radius 3 is 2.67 bits per heavy atom. The van der Waals surface area contributed by atoms with Crippen LogP contribution in [-0.2, 0) is 0 Å². The van der Waals surface area contributed by atoms with Gasteiger partial charge in [0.05, 0.1) is 0 Å². The molecule has 0 aliphatic carbocycles. The SMILES string of the molecule is CN(c1nccc2c(Br)cccc12)C(C)(C)CCl. The molecule has 18 heavy (non-hydrogen) atoms. The monoisotopic (exact) mass is 326 g/mol. The number of rotatable bonds is 3. The van der Waals surface area contributed by atoms with E-state index in [-0.39, 0.29) is 5.54 Å². The zero-order valence-electron chi connectivity index (χ0n) is 10.7. The van der Waals surface area contributed by atoms with Crippen LogP contribution in [0, 0.1) is 0 Å². The van der Waals surface area contributed by atoms with Gasteiger partial charge in [0.1, 0.15) is 5.82 Å². The number of aromatic nitrogens is 1. The smallest absolute Gasteiger partial charge is 0.136 e. The maximum Gasteiger partial charge on any atom is 0.136 e. The minimum Gasteiger partial charge on any atom is -0.353 e. The first-order chi connectivity index (χ1) is 8.47. The van der Waals surface area contributed by atoms with Gasteiger partial charge in [-0.25, -0.2) is 4.98 Å². The summed E-state index contributed by atoms with van der Waals surface area (Å²) in [5, 5.41) is 2.30. The second-order valence-electron chi connectivity index (χ2n) is 4.97. The molecule has 4 heteroatoms. The molecule has 0 N–H and O–H groups in total. The van der Waals surface area contributed by atoms with Crippen LogP contribution in [-0.4, -0.2) is 23.5 Å². The van der Waals surface area contributed by atoms with Crippen LogP contribution >= 0.6 is 27.5 Å². The molecule has 0 unspecified atom stereocenters. The summed E-state index contributed by atoms with van der Waals surface area (Å²) in [7, 11) is 2.03.